The first-order valence-corrected chi connectivity index (χ1v) is 20.0. The molecule has 18 heteroatoms. The Morgan fingerprint density at radius 2 is 1.52 bits per heavy atom. The van der Waals surface area contributed by atoms with Crippen LogP contribution in [0.25, 0.3) is 0 Å². The van der Waals surface area contributed by atoms with Crippen molar-refractivity contribution >= 4 is 41.2 Å². The highest BCUT2D eigenvalue weighted by atomic mass is 19.1. The second-order valence-electron chi connectivity index (χ2n) is 16.0. The number of hydrogen-bond acceptors (Lipinski definition) is 10. The van der Waals surface area contributed by atoms with Crippen LogP contribution in [0.1, 0.15) is 101 Å². The minimum absolute atomic E-state index is 0.00170. The molecule has 1 saturated carbocycles. The van der Waals surface area contributed by atoms with Crippen molar-refractivity contribution in [3.63, 3.8) is 0 Å². The summed E-state index contributed by atoms with van der Waals surface area (Å²) in [6, 6.07) is 2.29. The van der Waals surface area contributed by atoms with E-state index >= 15 is 0 Å². The van der Waals surface area contributed by atoms with E-state index in [0.717, 1.165) is 37.5 Å². The van der Waals surface area contributed by atoms with Crippen molar-refractivity contribution in [3.8, 4) is 11.5 Å². The third-order valence-electron chi connectivity index (χ3n) is 10.4. The molecule has 0 aromatic heterocycles. The largest absolute Gasteiger partial charge is 0.497 e. The fourth-order valence-electron chi connectivity index (χ4n) is 7.59. The molecule has 0 bridgehead atoms. The lowest BCUT2D eigenvalue weighted by atomic mass is 9.83. The van der Waals surface area contributed by atoms with Crippen molar-refractivity contribution in [1.29, 1.82) is 0 Å². The number of carbonyl (C=O) groups is 7. The predicted molar refractivity (Wildman–Crippen MR) is 213 cm³/mol. The molecule has 6 N–H and O–H groups in total. The van der Waals surface area contributed by atoms with Crippen molar-refractivity contribution in [2.24, 2.45) is 11.7 Å². The van der Waals surface area contributed by atoms with Gasteiger partial charge in [-0.05, 0) is 75.8 Å². The first kappa shape index (κ1) is 47.0. The number of primary amides is 1. The number of methoxy groups -OCH3 is 2. The maximum atomic E-state index is 14.7. The van der Waals surface area contributed by atoms with E-state index in [2.05, 4.69) is 21.3 Å². The first-order chi connectivity index (χ1) is 28.4. The number of halogens is 2. The Bertz CT molecular complexity index is 1870. The van der Waals surface area contributed by atoms with E-state index in [1.54, 1.807) is 33.8 Å². The van der Waals surface area contributed by atoms with Gasteiger partial charge in [-0.2, -0.15) is 0 Å². The summed E-state index contributed by atoms with van der Waals surface area (Å²) in [7, 11) is 2.80. The molecule has 0 radical (unpaired) electrons. The zero-order valence-corrected chi connectivity index (χ0v) is 34.9. The summed E-state index contributed by atoms with van der Waals surface area (Å²) in [5.74, 6) is -8.55. The van der Waals surface area contributed by atoms with Gasteiger partial charge in [-0.3, -0.25) is 33.6 Å². The average molecular weight is 843 g/mol. The SMILES string of the molecule is CCCC(NC(=O)[C@@H]1C[C@@H](OC(C)(C)C)CN1C(=O)[C@@H](NC(=O)c1c(F)cccc1F)C1CCCCC1)C(=O)C(=O)NCC(=O)NC(C(N)=O)c1cc(OC)cc(OC)c1. The van der Waals surface area contributed by atoms with Gasteiger partial charge in [-0.15, -0.1) is 0 Å². The minimum Gasteiger partial charge on any atom is -0.497 e. The Hall–Kier alpha value is -5.65. The average Bonchev–Trinajstić information content (AvgIpc) is 3.62. The number of nitrogens with two attached hydrogens (primary N) is 1. The van der Waals surface area contributed by atoms with E-state index in [1.165, 1.54) is 31.3 Å². The fraction of sp³-hybridized carbons (Fsp3) is 0.548. The Morgan fingerprint density at radius 1 is 0.900 bits per heavy atom. The Morgan fingerprint density at radius 3 is 2.07 bits per heavy atom. The molecule has 6 amide bonds. The second-order valence-corrected chi connectivity index (χ2v) is 16.0. The van der Waals surface area contributed by atoms with Crippen LogP contribution in [0.4, 0.5) is 8.78 Å². The van der Waals surface area contributed by atoms with Crippen molar-refractivity contribution in [2.75, 3.05) is 27.3 Å². The number of nitrogens with one attached hydrogen (secondary N) is 4. The topological polar surface area (TPSA) is 225 Å². The van der Waals surface area contributed by atoms with Crippen LogP contribution in [-0.4, -0.2) is 103 Å². The van der Waals surface area contributed by atoms with Crippen LogP contribution in [0.3, 0.4) is 0 Å². The van der Waals surface area contributed by atoms with Crippen LogP contribution in [0.15, 0.2) is 36.4 Å². The van der Waals surface area contributed by atoms with Gasteiger partial charge in [-0.1, -0.05) is 38.7 Å². The summed E-state index contributed by atoms with van der Waals surface area (Å²) < 4.78 is 46.0. The van der Waals surface area contributed by atoms with Crippen molar-refractivity contribution < 1.29 is 56.6 Å². The number of amides is 6. The molecule has 328 valence electrons. The molecule has 5 atom stereocenters. The summed E-state index contributed by atoms with van der Waals surface area (Å²) in [6.07, 6.45) is 3.22. The van der Waals surface area contributed by atoms with Crippen molar-refractivity contribution in [1.82, 2.24) is 26.2 Å². The maximum absolute atomic E-state index is 14.7. The van der Waals surface area contributed by atoms with Crippen LogP contribution in [0, 0.1) is 17.6 Å². The zero-order valence-electron chi connectivity index (χ0n) is 34.9. The van der Waals surface area contributed by atoms with E-state index < -0.39 is 107 Å². The molecule has 1 saturated heterocycles. The molecule has 1 heterocycles. The van der Waals surface area contributed by atoms with Crippen LogP contribution in [0.2, 0.25) is 0 Å². The smallest absolute Gasteiger partial charge is 0.290 e. The lowest BCUT2D eigenvalue weighted by Gasteiger charge is -2.35. The van der Waals surface area contributed by atoms with Gasteiger partial charge >= 0.3 is 0 Å². The number of nitrogens with zero attached hydrogens (tertiary/aromatic N) is 1. The van der Waals surface area contributed by atoms with Crippen molar-refractivity contribution in [3.05, 3.63) is 59.2 Å². The fourth-order valence-corrected chi connectivity index (χ4v) is 7.59. The number of likely N-dealkylation sites (tertiary alicyclic amines) is 1. The highest BCUT2D eigenvalue weighted by Gasteiger charge is 2.46. The molecule has 1 aliphatic carbocycles. The standard InChI is InChI=1S/C42H56F2N6O10/c1-7-12-30(36(52)40(56)46-21-32(51)48-34(37(45)53)24-17-25(58-5)19-26(18-24)59-6)47-38(54)31-20-27(60-42(2,3)4)22-50(31)41(57)35(23-13-9-8-10-14-23)49-39(55)33-28(43)15-11-16-29(33)44/h11,15-19,23,27,30-31,34-35H,7-10,12-14,20-22H2,1-6H3,(H2,45,53)(H,46,56)(H,47,54)(H,48,51)(H,49,55)/t27-,30?,31+,34?,35+/m1/s1. The molecule has 4 rings (SSSR count). The number of carbonyl (C=O) groups excluding carboxylic acids is 7. The highest BCUT2D eigenvalue weighted by Crippen LogP contribution is 2.32. The molecule has 16 nitrogen and oxygen atoms in total. The lowest BCUT2D eigenvalue weighted by molar-refractivity contribution is -0.143. The van der Waals surface area contributed by atoms with E-state index in [1.807, 2.05) is 0 Å². The predicted octanol–water partition coefficient (Wildman–Crippen LogP) is 2.76. The Balaban J connectivity index is 1.51. The maximum Gasteiger partial charge on any atom is 0.290 e. The van der Waals surface area contributed by atoms with E-state index in [9.17, 15) is 42.3 Å². The summed E-state index contributed by atoms with van der Waals surface area (Å²) >= 11 is 0. The molecule has 2 aromatic carbocycles. The van der Waals surface area contributed by atoms with Crippen LogP contribution in [0.5, 0.6) is 11.5 Å². The lowest BCUT2D eigenvalue weighted by Crippen LogP contribution is -2.58. The molecule has 2 unspecified atom stereocenters. The molecule has 2 aromatic rings. The van der Waals surface area contributed by atoms with Crippen LogP contribution >= 0.6 is 0 Å². The molecular weight excluding hydrogens is 786 g/mol. The van der Waals surface area contributed by atoms with Gasteiger partial charge in [-0.25, -0.2) is 8.78 Å². The van der Waals surface area contributed by atoms with Crippen molar-refractivity contribution in [2.45, 2.75) is 115 Å². The number of ketones is 1. The molecular formula is C42H56F2N6O10. The summed E-state index contributed by atoms with van der Waals surface area (Å²) in [5, 5.41) is 9.83. The first-order valence-electron chi connectivity index (χ1n) is 20.0. The molecule has 60 heavy (non-hydrogen) atoms. The summed E-state index contributed by atoms with van der Waals surface area (Å²) in [4.78, 5) is 95.2. The van der Waals surface area contributed by atoms with Crippen LogP contribution in [-0.2, 0) is 33.5 Å². The van der Waals surface area contributed by atoms with Crippen LogP contribution < -0.4 is 36.5 Å². The summed E-state index contributed by atoms with van der Waals surface area (Å²) in [6.45, 7) is 6.34. The van der Waals surface area contributed by atoms with E-state index in [-0.39, 0.29) is 24.9 Å². The molecule has 2 fully saturated rings. The van der Waals surface area contributed by atoms with Gasteiger partial charge in [0.05, 0.1) is 38.5 Å². The number of rotatable bonds is 18. The van der Waals surface area contributed by atoms with Gasteiger partial charge in [0.25, 0.3) is 11.8 Å². The van der Waals surface area contributed by atoms with E-state index in [4.69, 9.17) is 19.9 Å². The highest BCUT2D eigenvalue weighted by molar-refractivity contribution is 6.38. The third kappa shape index (κ3) is 12.4. The van der Waals surface area contributed by atoms with Gasteiger partial charge in [0.2, 0.25) is 29.4 Å². The van der Waals surface area contributed by atoms with Gasteiger partial charge in [0.15, 0.2) is 0 Å². The summed E-state index contributed by atoms with van der Waals surface area (Å²) in [5.41, 5.74) is 4.27. The quantitative estimate of drug-likeness (QED) is 0.138. The van der Waals surface area contributed by atoms with Gasteiger partial charge in [0, 0.05) is 19.0 Å². The normalized spacial score (nSPS) is 18.4. The Kier molecular flexibility index (Phi) is 16.5. The monoisotopic (exact) mass is 842 g/mol. The van der Waals surface area contributed by atoms with E-state index in [0.29, 0.717) is 30.8 Å². The zero-order chi connectivity index (χ0) is 44.3. The molecule has 0 spiro atoms. The Labute approximate surface area is 348 Å². The second kappa shape index (κ2) is 21.0. The number of Topliss-reactive ketones (excluding diaryl/α,β-unsaturated/α-hetero) is 1. The van der Waals surface area contributed by atoms with Gasteiger partial charge < -0.3 is 46.1 Å². The number of ether oxygens (including phenoxy) is 3. The molecule has 1 aliphatic heterocycles. The number of hydrogen-bond donors (Lipinski definition) is 5. The number of benzene rings is 2. The third-order valence-corrected chi connectivity index (χ3v) is 10.4. The van der Waals surface area contributed by atoms with Gasteiger partial charge in [0.1, 0.15) is 46.8 Å². The minimum atomic E-state index is -1.37. The molecule has 2 aliphatic rings.